The Morgan fingerprint density at radius 1 is 0.960 bits per heavy atom. The summed E-state index contributed by atoms with van der Waals surface area (Å²) in [7, 11) is 0. The Labute approximate surface area is 151 Å². The molecule has 1 amide bonds. The molecule has 3 rings (SSSR count). The number of anilines is 1. The van der Waals surface area contributed by atoms with Crippen LogP contribution >= 0.6 is 12.2 Å². The molecule has 0 aliphatic rings. The van der Waals surface area contributed by atoms with E-state index in [1.807, 2.05) is 48.5 Å². The van der Waals surface area contributed by atoms with Crippen LogP contribution in [0.3, 0.4) is 0 Å². The highest BCUT2D eigenvalue weighted by molar-refractivity contribution is 7.80. The van der Waals surface area contributed by atoms with Crippen LogP contribution in [0, 0.1) is 0 Å². The molecule has 0 aliphatic heterocycles. The number of aromatic nitrogens is 1. The number of rotatable bonds is 4. The highest BCUT2D eigenvalue weighted by Gasteiger charge is 2.23. The molecule has 4 nitrogen and oxygen atoms in total. The molecule has 0 unspecified atom stereocenters. The minimum absolute atomic E-state index is 0.0261. The fraction of sp³-hybridized carbons (Fsp3) is 0.0500. The third kappa shape index (κ3) is 3.89. The second kappa shape index (κ2) is 7.68. The maximum Gasteiger partial charge on any atom is 0.265 e. The Kier molecular flexibility index (Phi) is 5.16. The second-order valence-electron chi connectivity index (χ2n) is 5.49. The molecule has 0 saturated heterocycles. The van der Waals surface area contributed by atoms with Gasteiger partial charge in [-0.3, -0.25) is 4.79 Å². The number of carbonyl (C=O) groups excluding carboxylic acids is 1. The summed E-state index contributed by atoms with van der Waals surface area (Å²) >= 11 is 5.14. The first-order chi connectivity index (χ1) is 12.2. The van der Waals surface area contributed by atoms with Gasteiger partial charge in [-0.2, -0.15) is 0 Å². The largest absolute Gasteiger partial charge is 0.375 e. The molecule has 3 aromatic rings. The third-order valence-electron chi connectivity index (χ3n) is 3.76. The Morgan fingerprint density at radius 2 is 1.60 bits per heavy atom. The molecule has 0 aliphatic carbocycles. The average Bonchev–Trinajstić information content (AvgIpc) is 2.64. The van der Waals surface area contributed by atoms with Crippen molar-refractivity contribution >= 4 is 29.1 Å². The summed E-state index contributed by atoms with van der Waals surface area (Å²) in [5.74, 6) is 0.175. The van der Waals surface area contributed by atoms with Gasteiger partial charge in [0.05, 0.1) is 0 Å². The van der Waals surface area contributed by atoms with E-state index in [0.717, 1.165) is 11.1 Å². The number of pyridine rings is 1. The van der Waals surface area contributed by atoms with Gasteiger partial charge in [-0.15, -0.1) is 0 Å². The van der Waals surface area contributed by atoms with Gasteiger partial charge in [0.15, 0.2) is 5.11 Å². The smallest absolute Gasteiger partial charge is 0.265 e. The van der Waals surface area contributed by atoms with Gasteiger partial charge in [0, 0.05) is 18.2 Å². The van der Waals surface area contributed by atoms with E-state index < -0.39 is 0 Å². The van der Waals surface area contributed by atoms with Crippen molar-refractivity contribution in [2.75, 3.05) is 4.90 Å². The summed E-state index contributed by atoms with van der Waals surface area (Å²) in [5.41, 5.74) is 8.37. The lowest BCUT2D eigenvalue weighted by atomic mass is 10.1. The molecule has 0 saturated carbocycles. The van der Waals surface area contributed by atoms with Crippen LogP contribution in [0.1, 0.15) is 21.5 Å². The van der Waals surface area contributed by atoms with Crippen molar-refractivity contribution in [1.82, 2.24) is 4.98 Å². The van der Waals surface area contributed by atoms with E-state index in [2.05, 4.69) is 4.98 Å². The lowest BCUT2D eigenvalue weighted by Gasteiger charge is -2.22. The summed E-state index contributed by atoms with van der Waals surface area (Å²) in [4.78, 5) is 18.6. The molecule has 0 bridgehead atoms. The van der Waals surface area contributed by atoms with Gasteiger partial charge < -0.3 is 5.73 Å². The Balaban J connectivity index is 2.00. The average molecular weight is 347 g/mol. The van der Waals surface area contributed by atoms with Crippen molar-refractivity contribution in [1.29, 1.82) is 0 Å². The van der Waals surface area contributed by atoms with Crippen LogP contribution in [0.2, 0.25) is 0 Å². The van der Waals surface area contributed by atoms with Gasteiger partial charge in [0.2, 0.25) is 0 Å². The van der Waals surface area contributed by atoms with Crippen LogP contribution < -0.4 is 10.6 Å². The minimum atomic E-state index is -0.291. The van der Waals surface area contributed by atoms with Crippen LogP contribution in [-0.4, -0.2) is 16.0 Å². The van der Waals surface area contributed by atoms with E-state index in [0.29, 0.717) is 17.8 Å². The first-order valence-electron chi connectivity index (χ1n) is 7.83. The second-order valence-corrected chi connectivity index (χ2v) is 5.91. The molecular formula is C20H17N3OS. The van der Waals surface area contributed by atoms with Crippen LogP contribution in [0.25, 0.3) is 0 Å². The molecular weight excluding hydrogens is 330 g/mol. The topological polar surface area (TPSA) is 59.2 Å². The number of benzene rings is 2. The molecule has 0 atom stereocenters. The zero-order valence-electron chi connectivity index (χ0n) is 13.5. The normalized spacial score (nSPS) is 10.2. The van der Waals surface area contributed by atoms with Gasteiger partial charge >= 0.3 is 0 Å². The lowest BCUT2D eigenvalue weighted by molar-refractivity contribution is 0.100. The predicted molar refractivity (Wildman–Crippen MR) is 104 cm³/mol. The zero-order chi connectivity index (χ0) is 17.6. The molecule has 0 radical (unpaired) electrons. The van der Waals surface area contributed by atoms with Gasteiger partial charge in [-0.25, -0.2) is 9.88 Å². The number of nitrogens with two attached hydrogens (primary N) is 1. The summed E-state index contributed by atoms with van der Waals surface area (Å²) in [5, 5.41) is -0.0261. The predicted octanol–water partition coefficient (Wildman–Crippen LogP) is 3.56. The molecule has 25 heavy (non-hydrogen) atoms. The van der Waals surface area contributed by atoms with Crippen LogP contribution in [0.15, 0.2) is 79.0 Å². The van der Waals surface area contributed by atoms with E-state index >= 15 is 0 Å². The number of carbonyl (C=O) groups is 1. The summed E-state index contributed by atoms with van der Waals surface area (Å²) in [6.07, 6.45) is 2.26. The summed E-state index contributed by atoms with van der Waals surface area (Å²) < 4.78 is 0. The number of hydrogen-bond acceptors (Lipinski definition) is 3. The number of nitrogens with zero attached hydrogens (tertiary/aromatic N) is 2. The number of amides is 1. The third-order valence-corrected chi connectivity index (χ3v) is 3.94. The SMILES string of the molecule is NC(=S)N(C(=O)c1ccccc1)c1ncccc1Cc1ccccc1. The van der Waals surface area contributed by atoms with Crippen molar-refractivity contribution in [3.8, 4) is 0 Å². The zero-order valence-corrected chi connectivity index (χ0v) is 14.3. The van der Waals surface area contributed by atoms with Crippen molar-refractivity contribution < 1.29 is 4.79 Å². The molecule has 1 aromatic heterocycles. The van der Waals surface area contributed by atoms with Gasteiger partial charge in [-0.1, -0.05) is 54.6 Å². The first kappa shape index (κ1) is 16.8. The highest BCUT2D eigenvalue weighted by atomic mass is 32.1. The minimum Gasteiger partial charge on any atom is -0.375 e. The Morgan fingerprint density at radius 3 is 2.24 bits per heavy atom. The van der Waals surface area contributed by atoms with E-state index in [1.54, 1.807) is 30.5 Å². The monoisotopic (exact) mass is 347 g/mol. The molecule has 124 valence electrons. The Hall–Kier alpha value is -3.05. The summed E-state index contributed by atoms with van der Waals surface area (Å²) in [6.45, 7) is 0. The van der Waals surface area contributed by atoms with E-state index in [9.17, 15) is 4.79 Å². The lowest BCUT2D eigenvalue weighted by Crippen LogP contribution is -2.41. The molecule has 0 fully saturated rings. The van der Waals surface area contributed by atoms with E-state index in [-0.39, 0.29) is 11.0 Å². The maximum absolute atomic E-state index is 12.9. The van der Waals surface area contributed by atoms with Crippen molar-refractivity contribution in [3.63, 3.8) is 0 Å². The van der Waals surface area contributed by atoms with Gasteiger partial charge in [0.1, 0.15) is 5.82 Å². The molecule has 2 N–H and O–H groups in total. The van der Waals surface area contributed by atoms with Crippen molar-refractivity contribution in [2.45, 2.75) is 6.42 Å². The highest BCUT2D eigenvalue weighted by Crippen LogP contribution is 2.22. The van der Waals surface area contributed by atoms with E-state index in [1.165, 1.54) is 4.90 Å². The first-order valence-corrected chi connectivity index (χ1v) is 8.24. The Bertz CT molecular complexity index is 882. The van der Waals surface area contributed by atoms with Crippen LogP contribution in [0.4, 0.5) is 5.82 Å². The van der Waals surface area contributed by atoms with Crippen LogP contribution in [-0.2, 0) is 6.42 Å². The molecule has 1 heterocycles. The summed E-state index contributed by atoms with van der Waals surface area (Å²) in [6, 6.07) is 22.7. The molecule has 5 heteroatoms. The fourth-order valence-corrected chi connectivity index (χ4v) is 2.77. The molecule has 0 spiro atoms. The quantitative estimate of drug-likeness (QED) is 0.733. The molecule has 2 aromatic carbocycles. The van der Waals surface area contributed by atoms with Crippen molar-refractivity contribution in [3.05, 3.63) is 95.7 Å². The van der Waals surface area contributed by atoms with Gasteiger partial charge in [0.25, 0.3) is 5.91 Å². The number of hydrogen-bond donors (Lipinski definition) is 1. The fourth-order valence-electron chi connectivity index (χ4n) is 2.60. The van der Waals surface area contributed by atoms with Crippen molar-refractivity contribution in [2.24, 2.45) is 5.73 Å². The van der Waals surface area contributed by atoms with Crippen LogP contribution in [0.5, 0.6) is 0 Å². The standard InChI is InChI=1S/C20H17N3OS/c21-20(25)23(19(24)16-10-5-2-6-11-16)18-17(12-7-13-22-18)14-15-8-3-1-4-9-15/h1-13H,14H2,(H2,21,25). The maximum atomic E-state index is 12.9. The van der Waals surface area contributed by atoms with E-state index in [4.69, 9.17) is 18.0 Å². The number of thiocarbonyl (C=S) groups is 1. The van der Waals surface area contributed by atoms with Gasteiger partial charge in [-0.05, 0) is 41.5 Å².